The zero-order valence-corrected chi connectivity index (χ0v) is 17.7. The molecule has 0 bridgehead atoms. The molecule has 170 valence electrons. The van der Waals surface area contributed by atoms with Crippen LogP contribution in [0, 0.1) is 0 Å². The summed E-state index contributed by atoms with van der Waals surface area (Å²) in [6, 6.07) is 8.26. The van der Waals surface area contributed by atoms with Crippen molar-refractivity contribution < 1.29 is 23.0 Å². The van der Waals surface area contributed by atoms with Gasteiger partial charge in [0.15, 0.2) is 5.60 Å². The molecule has 1 atom stereocenters. The highest BCUT2D eigenvalue weighted by atomic mass is 19.4. The number of aliphatic hydroxyl groups is 1. The summed E-state index contributed by atoms with van der Waals surface area (Å²) in [7, 11) is 0. The van der Waals surface area contributed by atoms with E-state index in [9.17, 15) is 23.1 Å². The number of anilines is 1. The molecule has 3 aromatic rings. The van der Waals surface area contributed by atoms with Crippen LogP contribution in [-0.2, 0) is 11.8 Å². The zero-order chi connectivity index (χ0) is 23.1. The van der Waals surface area contributed by atoms with Crippen LogP contribution in [0.1, 0.15) is 31.4 Å². The summed E-state index contributed by atoms with van der Waals surface area (Å²) < 4.78 is 47.8. The van der Waals surface area contributed by atoms with Gasteiger partial charge < -0.3 is 20.1 Å². The van der Waals surface area contributed by atoms with Crippen LogP contribution in [0.4, 0.5) is 18.9 Å². The molecule has 0 radical (unpaired) electrons. The van der Waals surface area contributed by atoms with Gasteiger partial charge in [0, 0.05) is 24.2 Å². The molecule has 0 fully saturated rings. The maximum absolute atomic E-state index is 14.0. The molecule has 1 aromatic carbocycles. The number of hydrogen-bond donors (Lipinski definition) is 3. The van der Waals surface area contributed by atoms with Gasteiger partial charge in [-0.3, -0.25) is 4.79 Å². The Morgan fingerprint density at radius 1 is 1.25 bits per heavy atom. The van der Waals surface area contributed by atoms with Crippen LogP contribution in [0.5, 0.6) is 5.75 Å². The third kappa shape index (κ3) is 4.04. The van der Waals surface area contributed by atoms with Gasteiger partial charge in [-0.15, -0.1) is 0 Å². The van der Waals surface area contributed by atoms with Crippen LogP contribution in [-0.4, -0.2) is 40.0 Å². The first-order chi connectivity index (χ1) is 15.0. The van der Waals surface area contributed by atoms with E-state index in [0.717, 1.165) is 5.56 Å². The molecule has 4 rings (SSSR count). The maximum Gasteiger partial charge on any atom is 0.418 e. The third-order valence-corrected chi connectivity index (χ3v) is 5.89. The average molecular weight is 447 g/mol. The number of para-hydroxylation sites is 1. The normalized spacial score (nSPS) is 15.8. The first kappa shape index (κ1) is 22.1. The van der Waals surface area contributed by atoms with E-state index >= 15 is 0 Å². The van der Waals surface area contributed by atoms with Gasteiger partial charge in [-0.25, -0.2) is 4.98 Å². The Morgan fingerprint density at radius 3 is 2.78 bits per heavy atom. The van der Waals surface area contributed by atoms with Gasteiger partial charge >= 0.3 is 6.18 Å². The molecule has 1 aliphatic heterocycles. The van der Waals surface area contributed by atoms with E-state index in [1.807, 2.05) is 6.07 Å². The molecular formula is C23H24F3N3O3. The number of rotatable bonds is 6. The van der Waals surface area contributed by atoms with Crippen molar-refractivity contribution in [2.45, 2.75) is 43.9 Å². The minimum atomic E-state index is -4.88. The fourth-order valence-electron chi connectivity index (χ4n) is 4.24. The minimum absolute atomic E-state index is 0.184. The SMILES string of the molecule is CC(C)(CC(O)(CNc1cnc2c(=O)cc[nH]c2c1)C(F)(F)F)c1cccc2c1OCC2. The van der Waals surface area contributed by atoms with E-state index in [0.29, 0.717) is 29.9 Å². The summed E-state index contributed by atoms with van der Waals surface area (Å²) in [5, 5.41) is 13.4. The molecule has 3 N–H and O–H groups in total. The van der Waals surface area contributed by atoms with E-state index in [1.165, 1.54) is 24.5 Å². The number of nitrogens with one attached hydrogen (secondary N) is 2. The monoisotopic (exact) mass is 447 g/mol. The minimum Gasteiger partial charge on any atom is -0.493 e. The smallest absolute Gasteiger partial charge is 0.418 e. The zero-order valence-electron chi connectivity index (χ0n) is 17.7. The molecule has 3 heterocycles. The summed E-state index contributed by atoms with van der Waals surface area (Å²) in [5.41, 5.74) is -1.91. The van der Waals surface area contributed by atoms with Crippen molar-refractivity contribution in [1.29, 1.82) is 0 Å². The lowest BCUT2D eigenvalue weighted by Crippen LogP contribution is -2.53. The van der Waals surface area contributed by atoms with Crippen molar-refractivity contribution in [1.82, 2.24) is 9.97 Å². The number of alkyl halides is 3. The Morgan fingerprint density at radius 2 is 2.03 bits per heavy atom. The predicted octanol–water partition coefficient (Wildman–Crippen LogP) is 3.93. The first-order valence-electron chi connectivity index (χ1n) is 10.3. The molecule has 32 heavy (non-hydrogen) atoms. The van der Waals surface area contributed by atoms with E-state index in [2.05, 4.69) is 15.3 Å². The fraction of sp³-hybridized carbons (Fsp3) is 0.391. The molecule has 0 aliphatic carbocycles. The molecule has 1 unspecified atom stereocenters. The predicted molar refractivity (Wildman–Crippen MR) is 115 cm³/mol. The standard InChI is InChI=1S/C23H24F3N3O3/c1-21(2,16-5-3-4-14-7-9-32-20(14)16)12-22(31,23(24,25)26)13-29-15-10-17-19(28-11-15)18(30)6-8-27-17/h3-6,8,10-11,29,31H,7,9,12-13H2,1-2H3,(H,27,30). The Hall–Kier alpha value is -3.07. The number of aromatic amines is 1. The second kappa shape index (κ2) is 7.81. The average Bonchev–Trinajstić information content (AvgIpc) is 3.20. The lowest BCUT2D eigenvalue weighted by Gasteiger charge is -2.38. The summed E-state index contributed by atoms with van der Waals surface area (Å²) >= 11 is 0. The van der Waals surface area contributed by atoms with Gasteiger partial charge in [-0.05, 0) is 23.5 Å². The van der Waals surface area contributed by atoms with Crippen LogP contribution in [0.2, 0.25) is 0 Å². The van der Waals surface area contributed by atoms with Gasteiger partial charge in [0.1, 0.15) is 11.3 Å². The quantitative estimate of drug-likeness (QED) is 0.533. The first-order valence-corrected chi connectivity index (χ1v) is 10.3. The van der Waals surface area contributed by atoms with Crippen molar-refractivity contribution in [3.8, 4) is 5.75 Å². The third-order valence-electron chi connectivity index (χ3n) is 5.89. The van der Waals surface area contributed by atoms with Crippen molar-refractivity contribution in [3.05, 3.63) is 64.1 Å². The Labute approximate surface area is 182 Å². The van der Waals surface area contributed by atoms with E-state index in [1.54, 1.807) is 26.0 Å². The van der Waals surface area contributed by atoms with Gasteiger partial charge in [0.05, 0.1) is 30.6 Å². The summed E-state index contributed by atoms with van der Waals surface area (Å²) in [6.45, 7) is 3.05. The second-order valence-electron chi connectivity index (χ2n) is 8.80. The molecule has 0 saturated carbocycles. The van der Waals surface area contributed by atoms with Crippen LogP contribution in [0.25, 0.3) is 11.0 Å². The van der Waals surface area contributed by atoms with Gasteiger partial charge in [0.2, 0.25) is 5.43 Å². The number of H-pyrrole nitrogens is 1. The molecule has 2 aromatic heterocycles. The van der Waals surface area contributed by atoms with Crippen molar-refractivity contribution in [2.24, 2.45) is 0 Å². The molecule has 0 amide bonds. The van der Waals surface area contributed by atoms with Crippen LogP contribution >= 0.6 is 0 Å². The summed E-state index contributed by atoms with van der Waals surface area (Å²) in [4.78, 5) is 18.7. The highest BCUT2D eigenvalue weighted by Gasteiger charge is 2.56. The maximum atomic E-state index is 14.0. The highest BCUT2D eigenvalue weighted by molar-refractivity contribution is 5.77. The van der Waals surface area contributed by atoms with Crippen LogP contribution in [0.15, 0.2) is 47.5 Å². The molecule has 6 nitrogen and oxygen atoms in total. The second-order valence-corrected chi connectivity index (χ2v) is 8.80. The number of aromatic nitrogens is 2. The van der Waals surface area contributed by atoms with Crippen molar-refractivity contribution >= 4 is 16.7 Å². The Bertz CT molecular complexity index is 1210. The number of ether oxygens (including phenoxy) is 1. The molecular weight excluding hydrogens is 423 g/mol. The lowest BCUT2D eigenvalue weighted by atomic mass is 9.74. The lowest BCUT2D eigenvalue weighted by molar-refractivity contribution is -0.260. The summed E-state index contributed by atoms with van der Waals surface area (Å²) in [5.74, 6) is 0.609. The van der Waals surface area contributed by atoms with Gasteiger partial charge in [-0.1, -0.05) is 32.0 Å². The number of pyridine rings is 2. The molecule has 1 aliphatic rings. The number of fused-ring (bicyclic) bond motifs is 2. The van der Waals surface area contributed by atoms with Crippen molar-refractivity contribution in [2.75, 3.05) is 18.5 Å². The number of hydrogen-bond acceptors (Lipinski definition) is 5. The molecule has 9 heteroatoms. The summed E-state index contributed by atoms with van der Waals surface area (Å²) in [6.07, 6.45) is -2.03. The Kier molecular flexibility index (Phi) is 5.40. The van der Waals surface area contributed by atoms with E-state index in [-0.39, 0.29) is 16.6 Å². The number of nitrogens with zero attached hydrogens (tertiary/aromatic N) is 1. The Balaban J connectivity index is 1.60. The van der Waals surface area contributed by atoms with E-state index in [4.69, 9.17) is 4.74 Å². The fourth-order valence-corrected chi connectivity index (χ4v) is 4.24. The largest absolute Gasteiger partial charge is 0.493 e. The molecule has 0 saturated heterocycles. The van der Waals surface area contributed by atoms with Crippen molar-refractivity contribution in [3.63, 3.8) is 0 Å². The number of halogens is 3. The van der Waals surface area contributed by atoms with Crippen LogP contribution < -0.4 is 15.5 Å². The number of benzene rings is 1. The van der Waals surface area contributed by atoms with E-state index < -0.39 is 30.2 Å². The van der Waals surface area contributed by atoms with Gasteiger partial charge in [-0.2, -0.15) is 13.2 Å². The van der Waals surface area contributed by atoms with Crippen LogP contribution in [0.3, 0.4) is 0 Å². The molecule has 0 spiro atoms. The topological polar surface area (TPSA) is 87.2 Å². The van der Waals surface area contributed by atoms with Gasteiger partial charge in [0.25, 0.3) is 0 Å². The highest BCUT2D eigenvalue weighted by Crippen LogP contribution is 2.45.